The number of anilines is 1. The van der Waals surface area contributed by atoms with Gasteiger partial charge in [-0.15, -0.1) is 0 Å². The predicted octanol–water partition coefficient (Wildman–Crippen LogP) is 5.29. The molecule has 0 unspecified atom stereocenters. The first-order valence-corrected chi connectivity index (χ1v) is 13.5. The second-order valence-corrected chi connectivity index (χ2v) is 11.3. The maximum Gasteiger partial charge on any atom is 0.433 e. The van der Waals surface area contributed by atoms with Crippen LogP contribution in [0.3, 0.4) is 0 Å². The Morgan fingerprint density at radius 2 is 1.88 bits per heavy atom. The molecule has 13 heteroatoms. The van der Waals surface area contributed by atoms with Gasteiger partial charge < -0.3 is 15.4 Å². The second kappa shape index (κ2) is 10.9. The van der Waals surface area contributed by atoms with Gasteiger partial charge in [-0.2, -0.15) is 18.3 Å². The molecule has 0 saturated carbocycles. The molecule has 1 fully saturated rings. The van der Waals surface area contributed by atoms with Gasteiger partial charge in [0, 0.05) is 28.0 Å². The van der Waals surface area contributed by atoms with Gasteiger partial charge in [-0.25, -0.2) is 4.98 Å². The van der Waals surface area contributed by atoms with E-state index in [0.717, 1.165) is 6.07 Å². The number of rotatable bonds is 7. The van der Waals surface area contributed by atoms with Crippen LogP contribution in [0.2, 0.25) is 0 Å². The number of hydrogen-bond donors (Lipinski definition) is 2. The van der Waals surface area contributed by atoms with E-state index in [0.29, 0.717) is 52.6 Å². The highest BCUT2D eigenvalue weighted by Crippen LogP contribution is 2.33. The summed E-state index contributed by atoms with van der Waals surface area (Å²) < 4.78 is 48.0. The number of ether oxygens (including phenoxy) is 1. The van der Waals surface area contributed by atoms with Crippen molar-refractivity contribution in [3.8, 4) is 0 Å². The molecule has 214 valence electrons. The van der Waals surface area contributed by atoms with Gasteiger partial charge in [-0.1, -0.05) is 22.9 Å². The van der Waals surface area contributed by atoms with Crippen molar-refractivity contribution in [1.29, 1.82) is 0 Å². The maximum atomic E-state index is 13.5. The summed E-state index contributed by atoms with van der Waals surface area (Å²) in [5.74, 6) is -0.944. The molecule has 0 aliphatic carbocycles. The lowest BCUT2D eigenvalue weighted by molar-refractivity contribution is -0.141. The molecule has 4 aromatic rings. The van der Waals surface area contributed by atoms with Crippen molar-refractivity contribution in [2.24, 2.45) is 5.41 Å². The van der Waals surface area contributed by atoms with Gasteiger partial charge in [0.1, 0.15) is 5.69 Å². The molecule has 0 bridgehead atoms. The molecule has 1 aromatic carbocycles. The normalized spacial score (nSPS) is 14.5. The van der Waals surface area contributed by atoms with Gasteiger partial charge in [0.2, 0.25) is 0 Å². The number of benzene rings is 1. The zero-order valence-electron chi connectivity index (χ0n) is 22.4. The van der Waals surface area contributed by atoms with Crippen LogP contribution < -0.4 is 10.6 Å². The number of amides is 2. The second-order valence-electron chi connectivity index (χ2n) is 10.4. The molecule has 1 saturated heterocycles. The van der Waals surface area contributed by atoms with E-state index < -0.39 is 17.8 Å². The molecule has 1 aliphatic heterocycles. The molecule has 0 spiro atoms. The van der Waals surface area contributed by atoms with Crippen LogP contribution in [0.1, 0.15) is 50.4 Å². The fraction of sp³-hybridized carbons (Fsp3) is 0.321. The number of carbonyl (C=O) groups is 2. The Morgan fingerprint density at radius 1 is 1.12 bits per heavy atom. The topological polar surface area (TPSA) is 111 Å². The van der Waals surface area contributed by atoms with Gasteiger partial charge in [-0.3, -0.25) is 19.3 Å². The summed E-state index contributed by atoms with van der Waals surface area (Å²) in [5, 5.41) is 10.4. The van der Waals surface area contributed by atoms with Gasteiger partial charge >= 0.3 is 6.18 Å². The molecule has 4 heterocycles. The van der Waals surface area contributed by atoms with E-state index in [1.54, 1.807) is 42.8 Å². The third-order valence-electron chi connectivity index (χ3n) is 6.90. The summed E-state index contributed by atoms with van der Waals surface area (Å²) in [7, 11) is 0. The number of aromatic nitrogens is 4. The number of nitrogens with zero attached hydrogens (tertiary/aromatic N) is 4. The Morgan fingerprint density at radius 3 is 2.51 bits per heavy atom. The average Bonchev–Trinajstić information content (AvgIpc) is 3.17. The van der Waals surface area contributed by atoms with Crippen LogP contribution in [0.4, 0.5) is 18.9 Å². The summed E-state index contributed by atoms with van der Waals surface area (Å²) in [6.45, 7) is 7.46. The van der Waals surface area contributed by atoms with Crippen molar-refractivity contribution < 1.29 is 27.5 Å². The van der Waals surface area contributed by atoms with E-state index in [9.17, 15) is 22.8 Å². The molecule has 2 amide bonds. The van der Waals surface area contributed by atoms with Crippen molar-refractivity contribution in [2.75, 3.05) is 25.1 Å². The van der Waals surface area contributed by atoms with E-state index >= 15 is 0 Å². The molecule has 2 N–H and O–H groups in total. The van der Waals surface area contributed by atoms with Crippen LogP contribution in [0.25, 0.3) is 10.9 Å². The largest absolute Gasteiger partial charge is 0.433 e. The molecular formula is C28H26BrF3N6O3. The Balaban J connectivity index is 1.33. The van der Waals surface area contributed by atoms with Crippen molar-refractivity contribution in [2.45, 2.75) is 33.5 Å². The first-order chi connectivity index (χ1) is 19.3. The molecule has 5 rings (SSSR count). The number of halogens is 4. The van der Waals surface area contributed by atoms with E-state index in [4.69, 9.17) is 4.74 Å². The van der Waals surface area contributed by atoms with E-state index in [2.05, 4.69) is 41.6 Å². The van der Waals surface area contributed by atoms with Crippen LogP contribution in [0.15, 0.2) is 47.1 Å². The smallest absolute Gasteiger partial charge is 0.380 e. The zero-order chi connectivity index (χ0) is 29.5. The Hall–Kier alpha value is -3.84. The summed E-state index contributed by atoms with van der Waals surface area (Å²) in [6, 6.07) is 8.69. The molecule has 3 aromatic heterocycles. The first-order valence-electron chi connectivity index (χ1n) is 12.7. The third kappa shape index (κ3) is 6.10. The van der Waals surface area contributed by atoms with Gasteiger partial charge in [0.05, 0.1) is 59.2 Å². The number of aryl methyl sites for hydroxylation is 1. The van der Waals surface area contributed by atoms with Crippen LogP contribution in [0.5, 0.6) is 0 Å². The van der Waals surface area contributed by atoms with Gasteiger partial charge in [-0.05, 0) is 50.2 Å². The quantitative estimate of drug-likeness (QED) is 0.287. The predicted molar refractivity (Wildman–Crippen MR) is 149 cm³/mol. The molecular weight excluding hydrogens is 605 g/mol. The summed E-state index contributed by atoms with van der Waals surface area (Å²) >= 11 is 3.30. The van der Waals surface area contributed by atoms with Gasteiger partial charge in [0.15, 0.2) is 0 Å². The minimum Gasteiger partial charge on any atom is -0.380 e. The van der Waals surface area contributed by atoms with E-state index in [-0.39, 0.29) is 34.3 Å². The lowest BCUT2D eigenvalue weighted by Gasteiger charge is -2.38. The SMILES string of the molecule is Cc1nn(Cc2ccc(C(=O)NCC3(C)COC3)cn2)c(C)c1NC(=O)c1cc(C(F)(F)F)nc2ccc(Br)cc12. The standard InChI is InChI=1S/C28H26BrF3N6O3/c1-15-24(36-26(40)21-9-23(28(30,31)32)35-22-7-5-18(29)8-20(21)22)16(2)38(37-15)11-19-6-4-17(10-33-19)25(39)34-12-27(3)13-41-14-27/h4-10H,11-14H2,1-3H3,(H,34,39)(H,36,40). The molecule has 41 heavy (non-hydrogen) atoms. The van der Waals surface area contributed by atoms with E-state index in [1.165, 1.54) is 12.3 Å². The van der Waals surface area contributed by atoms with Crippen LogP contribution in [-0.2, 0) is 17.5 Å². The highest BCUT2D eigenvalue weighted by molar-refractivity contribution is 9.10. The number of nitrogens with one attached hydrogen (secondary N) is 2. The first kappa shape index (κ1) is 28.7. The van der Waals surface area contributed by atoms with Crippen molar-refractivity contribution >= 4 is 44.3 Å². The highest BCUT2D eigenvalue weighted by atomic mass is 79.9. The number of carbonyl (C=O) groups excluding carboxylic acids is 2. The lowest BCUT2D eigenvalue weighted by atomic mass is 9.89. The van der Waals surface area contributed by atoms with Crippen molar-refractivity contribution in [1.82, 2.24) is 25.1 Å². The number of alkyl halides is 3. The number of fused-ring (bicyclic) bond motifs is 1. The van der Waals surface area contributed by atoms with Gasteiger partial charge in [0.25, 0.3) is 11.8 Å². The number of pyridine rings is 2. The number of hydrogen-bond acceptors (Lipinski definition) is 6. The van der Waals surface area contributed by atoms with Crippen LogP contribution in [-0.4, -0.2) is 51.3 Å². The Bertz CT molecular complexity index is 1650. The fourth-order valence-corrected chi connectivity index (χ4v) is 4.86. The van der Waals surface area contributed by atoms with E-state index in [1.807, 2.05) is 6.92 Å². The van der Waals surface area contributed by atoms with Crippen molar-refractivity contribution in [3.63, 3.8) is 0 Å². The summed E-state index contributed by atoms with van der Waals surface area (Å²) in [6.07, 6.45) is -3.23. The molecule has 0 radical (unpaired) electrons. The molecule has 0 atom stereocenters. The summed E-state index contributed by atoms with van der Waals surface area (Å²) in [5.41, 5.74) is 1.19. The lowest BCUT2D eigenvalue weighted by Crippen LogP contribution is -2.48. The fourth-order valence-electron chi connectivity index (χ4n) is 4.50. The van der Waals surface area contributed by atoms with Crippen molar-refractivity contribution in [3.05, 3.63) is 81.0 Å². The minimum absolute atomic E-state index is 0.0479. The Kier molecular flexibility index (Phi) is 7.60. The highest BCUT2D eigenvalue weighted by Gasteiger charge is 2.35. The summed E-state index contributed by atoms with van der Waals surface area (Å²) in [4.78, 5) is 33.9. The minimum atomic E-state index is -4.72. The van der Waals surface area contributed by atoms with Crippen LogP contribution in [0, 0.1) is 19.3 Å². The molecule has 1 aliphatic rings. The maximum absolute atomic E-state index is 13.5. The Labute approximate surface area is 241 Å². The molecule has 9 nitrogen and oxygen atoms in total. The zero-order valence-corrected chi connectivity index (χ0v) is 24.0. The monoisotopic (exact) mass is 630 g/mol. The third-order valence-corrected chi connectivity index (χ3v) is 7.39. The average molecular weight is 631 g/mol. The van der Waals surface area contributed by atoms with Crippen LogP contribution >= 0.6 is 15.9 Å².